The van der Waals surface area contributed by atoms with Crippen LogP contribution >= 0.6 is 15.9 Å². The summed E-state index contributed by atoms with van der Waals surface area (Å²) in [6.45, 7) is 0.0691. The van der Waals surface area contributed by atoms with E-state index in [1.807, 2.05) is 17.0 Å². The van der Waals surface area contributed by atoms with Crippen molar-refractivity contribution in [2.75, 3.05) is 18.5 Å². The normalized spacial score (nSPS) is 20.9. The minimum Gasteiger partial charge on any atom is -0.455 e. The number of amides is 2. The Morgan fingerprint density at radius 1 is 1.15 bits per heavy atom. The standard InChI is InChI=1S/C19H23BrN2O4/c20-14-6-8-15(9-7-14)21-17(23)12-26-19(25)13-10-18(24)22(11-13)16-4-2-1-3-5-16/h6-9,13,16H,1-5,10-12H2,(H,21,23)/t13-/m0/s1. The van der Waals surface area contributed by atoms with Crippen molar-refractivity contribution in [3.05, 3.63) is 28.7 Å². The van der Waals surface area contributed by atoms with Gasteiger partial charge in [-0.1, -0.05) is 35.2 Å². The molecule has 1 atom stereocenters. The Morgan fingerprint density at radius 3 is 2.54 bits per heavy atom. The molecule has 0 bridgehead atoms. The number of rotatable bonds is 5. The van der Waals surface area contributed by atoms with Crippen molar-refractivity contribution in [1.82, 2.24) is 4.90 Å². The maximum Gasteiger partial charge on any atom is 0.311 e. The van der Waals surface area contributed by atoms with E-state index < -0.39 is 17.8 Å². The van der Waals surface area contributed by atoms with Crippen LogP contribution in [-0.4, -0.2) is 41.9 Å². The minimum absolute atomic E-state index is 0.0261. The fraction of sp³-hybridized carbons (Fsp3) is 0.526. The van der Waals surface area contributed by atoms with Gasteiger partial charge in [-0.2, -0.15) is 0 Å². The molecule has 1 heterocycles. The fourth-order valence-corrected chi connectivity index (χ4v) is 3.88. The molecule has 1 saturated heterocycles. The molecule has 2 aliphatic rings. The van der Waals surface area contributed by atoms with E-state index in [1.54, 1.807) is 12.1 Å². The molecule has 1 aliphatic heterocycles. The molecule has 0 radical (unpaired) electrons. The van der Waals surface area contributed by atoms with Crippen LogP contribution in [0, 0.1) is 5.92 Å². The minimum atomic E-state index is -0.470. The lowest BCUT2D eigenvalue weighted by Crippen LogP contribution is -2.38. The van der Waals surface area contributed by atoms with Crippen LogP contribution in [0.1, 0.15) is 38.5 Å². The first-order valence-electron chi connectivity index (χ1n) is 9.04. The second-order valence-electron chi connectivity index (χ2n) is 6.90. The molecule has 6 nitrogen and oxygen atoms in total. The number of likely N-dealkylation sites (tertiary alicyclic amines) is 1. The van der Waals surface area contributed by atoms with E-state index >= 15 is 0 Å². The highest BCUT2D eigenvalue weighted by atomic mass is 79.9. The summed E-state index contributed by atoms with van der Waals surface area (Å²) in [5, 5.41) is 2.67. The van der Waals surface area contributed by atoms with E-state index in [0.717, 1.165) is 30.2 Å². The Hall–Kier alpha value is -1.89. The number of benzene rings is 1. The second kappa shape index (κ2) is 8.66. The molecule has 140 valence electrons. The van der Waals surface area contributed by atoms with Crippen molar-refractivity contribution in [2.24, 2.45) is 5.92 Å². The first-order chi connectivity index (χ1) is 12.5. The lowest BCUT2D eigenvalue weighted by molar-refractivity contribution is -0.151. The maximum atomic E-state index is 12.2. The molecule has 1 N–H and O–H groups in total. The van der Waals surface area contributed by atoms with E-state index in [0.29, 0.717) is 12.2 Å². The van der Waals surface area contributed by atoms with Crippen molar-refractivity contribution in [3.8, 4) is 0 Å². The van der Waals surface area contributed by atoms with Gasteiger partial charge in [-0.25, -0.2) is 0 Å². The molecule has 7 heteroatoms. The molecule has 0 unspecified atom stereocenters. The van der Waals surface area contributed by atoms with Gasteiger partial charge in [0.2, 0.25) is 5.91 Å². The highest BCUT2D eigenvalue weighted by Crippen LogP contribution is 2.29. The molecule has 1 aromatic carbocycles. The molecule has 26 heavy (non-hydrogen) atoms. The summed E-state index contributed by atoms with van der Waals surface area (Å²) < 4.78 is 6.04. The summed E-state index contributed by atoms with van der Waals surface area (Å²) >= 11 is 3.32. The van der Waals surface area contributed by atoms with Gasteiger partial charge in [-0.05, 0) is 37.1 Å². The monoisotopic (exact) mass is 422 g/mol. The lowest BCUT2D eigenvalue weighted by Gasteiger charge is -2.31. The molecule has 1 aromatic rings. The summed E-state index contributed by atoms with van der Waals surface area (Å²) in [5.41, 5.74) is 0.633. The topological polar surface area (TPSA) is 75.7 Å². The molecule has 0 spiro atoms. The molecule has 1 saturated carbocycles. The van der Waals surface area contributed by atoms with Gasteiger partial charge in [0.1, 0.15) is 0 Å². The summed E-state index contributed by atoms with van der Waals surface area (Å²) in [6.07, 6.45) is 5.72. The third-order valence-electron chi connectivity index (χ3n) is 4.98. The number of hydrogen-bond donors (Lipinski definition) is 1. The Bertz CT molecular complexity index is 671. The number of carbonyl (C=O) groups is 3. The predicted molar refractivity (Wildman–Crippen MR) is 100 cm³/mol. The van der Waals surface area contributed by atoms with Gasteiger partial charge < -0.3 is 15.0 Å². The van der Waals surface area contributed by atoms with Crippen LogP contribution in [0.4, 0.5) is 5.69 Å². The van der Waals surface area contributed by atoms with Crippen LogP contribution in [0.5, 0.6) is 0 Å². The van der Waals surface area contributed by atoms with Gasteiger partial charge in [0.05, 0.1) is 5.92 Å². The fourth-order valence-electron chi connectivity index (χ4n) is 3.62. The lowest BCUT2D eigenvalue weighted by atomic mass is 9.94. The zero-order valence-corrected chi connectivity index (χ0v) is 16.2. The molecule has 1 aliphatic carbocycles. The van der Waals surface area contributed by atoms with E-state index in [4.69, 9.17) is 4.74 Å². The zero-order valence-electron chi connectivity index (χ0n) is 14.6. The van der Waals surface area contributed by atoms with Gasteiger partial charge in [-0.15, -0.1) is 0 Å². The number of carbonyl (C=O) groups excluding carboxylic acids is 3. The SMILES string of the molecule is O=C(COC(=O)[C@H]1CC(=O)N(C2CCCCC2)C1)Nc1ccc(Br)cc1. The van der Waals surface area contributed by atoms with Crippen molar-refractivity contribution in [3.63, 3.8) is 0 Å². The predicted octanol–water partition coefficient (Wildman–Crippen LogP) is 3.11. The highest BCUT2D eigenvalue weighted by Gasteiger charge is 2.39. The Morgan fingerprint density at radius 2 is 1.85 bits per heavy atom. The van der Waals surface area contributed by atoms with Gasteiger partial charge in [0.15, 0.2) is 6.61 Å². The van der Waals surface area contributed by atoms with Crippen molar-refractivity contribution >= 4 is 39.4 Å². The van der Waals surface area contributed by atoms with E-state index in [-0.39, 0.29) is 25.0 Å². The average Bonchev–Trinajstić information content (AvgIpc) is 3.04. The smallest absolute Gasteiger partial charge is 0.311 e. The number of nitrogens with zero attached hydrogens (tertiary/aromatic N) is 1. The second-order valence-corrected chi connectivity index (χ2v) is 7.82. The van der Waals surface area contributed by atoms with E-state index in [1.165, 1.54) is 6.42 Å². The summed E-state index contributed by atoms with van der Waals surface area (Å²) in [5.74, 6) is -1.31. The van der Waals surface area contributed by atoms with Crippen molar-refractivity contribution in [1.29, 1.82) is 0 Å². The zero-order chi connectivity index (χ0) is 18.5. The quantitative estimate of drug-likeness (QED) is 0.739. The van der Waals surface area contributed by atoms with Crippen LogP contribution in [0.3, 0.4) is 0 Å². The summed E-state index contributed by atoms with van der Waals surface area (Å²) in [7, 11) is 0. The van der Waals surface area contributed by atoms with Crippen molar-refractivity contribution < 1.29 is 19.1 Å². The molecule has 2 fully saturated rings. The Kier molecular flexibility index (Phi) is 6.29. The van der Waals surface area contributed by atoms with Gasteiger partial charge >= 0.3 is 5.97 Å². The number of anilines is 1. The van der Waals surface area contributed by atoms with E-state index in [9.17, 15) is 14.4 Å². The molecular formula is C19H23BrN2O4. The third kappa shape index (κ3) is 4.84. The molecule has 2 amide bonds. The largest absolute Gasteiger partial charge is 0.455 e. The number of esters is 1. The van der Waals surface area contributed by atoms with Crippen LogP contribution in [-0.2, 0) is 19.1 Å². The molecular weight excluding hydrogens is 400 g/mol. The van der Waals surface area contributed by atoms with E-state index in [2.05, 4.69) is 21.2 Å². The first-order valence-corrected chi connectivity index (χ1v) is 9.84. The van der Waals surface area contributed by atoms with Crippen LogP contribution in [0.25, 0.3) is 0 Å². The molecule has 0 aromatic heterocycles. The van der Waals surface area contributed by atoms with Gasteiger partial charge in [-0.3, -0.25) is 14.4 Å². The average molecular weight is 423 g/mol. The number of halogens is 1. The summed E-state index contributed by atoms with van der Waals surface area (Å²) in [4.78, 5) is 38.2. The summed E-state index contributed by atoms with van der Waals surface area (Å²) in [6, 6.07) is 7.38. The Labute approximate surface area is 161 Å². The highest BCUT2D eigenvalue weighted by molar-refractivity contribution is 9.10. The van der Waals surface area contributed by atoms with Gasteiger partial charge in [0.25, 0.3) is 5.91 Å². The third-order valence-corrected chi connectivity index (χ3v) is 5.51. The Balaban J connectivity index is 1.45. The van der Waals surface area contributed by atoms with Crippen LogP contribution in [0.15, 0.2) is 28.7 Å². The van der Waals surface area contributed by atoms with Gasteiger partial charge in [0, 0.05) is 29.2 Å². The van der Waals surface area contributed by atoms with Crippen molar-refractivity contribution in [2.45, 2.75) is 44.6 Å². The first kappa shape index (κ1) is 18.9. The van der Waals surface area contributed by atoms with Crippen LogP contribution < -0.4 is 5.32 Å². The number of hydrogen-bond acceptors (Lipinski definition) is 4. The van der Waals surface area contributed by atoms with Crippen LogP contribution in [0.2, 0.25) is 0 Å². The molecule has 3 rings (SSSR count). The maximum absolute atomic E-state index is 12.2. The number of nitrogens with one attached hydrogen (secondary N) is 1. The number of ether oxygens (including phenoxy) is 1.